The van der Waals surface area contributed by atoms with Crippen LogP contribution in [0.25, 0.3) is 0 Å². The van der Waals surface area contributed by atoms with Gasteiger partial charge in [-0.05, 0) is 18.6 Å². The van der Waals surface area contributed by atoms with Crippen molar-refractivity contribution in [1.82, 2.24) is 0 Å². The van der Waals surface area contributed by atoms with E-state index in [0.29, 0.717) is 13.0 Å². The number of esters is 1. The van der Waals surface area contributed by atoms with E-state index < -0.39 is 0 Å². The highest BCUT2D eigenvalue weighted by atomic mass is 32.2. The van der Waals surface area contributed by atoms with E-state index in [2.05, 4.69) is 13.8 Å². The number of rotatable bonds is 26. The molecule has 0 bridgehead atoms. The molecule has 0 aromatic rings. The summed E-state index contributed by atoms with van der Waals surface area (Å²) in [7, 11) is 0. The summed E-state index contributed by atoms with van der Waals surface area (Å²) in [6.07, 6.45) is 29.1. The third-order valence-corrected chi connectivity index (χ3v) is 7.15. The maximum Gasteiger partial charge on any atom is 0.305 e. The first kappa shape index (κ1) is 30.8. The normalized spacial score (nSPS) is 11.2. The van der Waals surface area contributed by atoms with Crippen molar-refractivity contribution in [3.05, 3.63) is 0 Å². The highest BCUT2D eigenvalue weighted by Gasteiger charge is 2.02. The van der Waals surface area contributed by atoms with Crippen LogP contribution in [0.4, 0.5) is 0 Å². The fourth-order valence-corrected chi connectivity index (χ4v) is 4.83. The molecular formula is C28H56O2S. The Hall–Kier alpha value is -0.180. The number of thioether (sulfide) groups is 1. The summed E-state index contributed by atoms with van der Waals surface area (Å²) < 4.78 is 5.36. The summed E-state index contributed by atoms with van der Waals surface area (Å²) in [4.78, 5) is 11.8. The van der Waals surface area contributed by atoms with Crippen LogP contribution >= 0.6 is 11.8 Å². The Morgan fingerprint density at radius 2 is 0.903 bits per heavy atom. The van der Waals surface area contributed by atoms with Gasteiger partial charge in [0.15, 0.2) is 0 Å². The first-order valence-electron chi connectivity index (χ1n) is 14.0. The van der Waals surface area contributed by atoms with Crippen LogP contribution in [-0.2, 0) is 9.53 Å². The van der Waals surface area contributed by atoms with Gasteiger partial charge in [-0.15, -0.1) is 0 Å². The zero-order valence-electron chi connectivity index (χ0n) is 21.4. The number of carbonyl (C=O) groups excluding carboxylic acids is 1. The van der Waals surface area contributed by atoms with E-state index in [1.54, 1.807) is 0 Å². The molecule has 0 fully saturated rings. The van der Waals surface area contributed by atoms with Gasteiger partial charge in [0.25, 0.3) is 0 Å². The molecule has 3 heteroatoms. The number of hydrogen-bond acceptors (Lipinski definition) is 3. The van der Waals surface area contributed by atoms with Gasteiger partial charge in [-0.3, -0.25) is 4.79 Å². The predicted molar refractivity (Wildman–Crippen MR) is 141 cm³/mol. The fourth-order valence-electron chi connectivity index (χ4n) is 4.01. The van der Waals surface area contributed by atoms with Crippen molar-refractivity contribution in [2.45, 2.75) is 155 Å². The molecule has 31 heavy (non-hydrogen) atoms. The lowest BCUT2D eigenvalue weighted by Crippen LogP contribution is -2.07. The van der Waals surface area contributed by atoms with Crippen molar-refractivity contribution in [1.29, 1.82) is 0 Å². The van der Waals surface area contributed by atoms with E-state index in [1.165, 1.54) is 134 Å². The predicted octanol–water partition coefficient (Wildman–Crippen LogP) is 9.88. The topological polar surface area (TPSA) is 26.3 Å². The Kier molecular flexibility index (Phi) is 27.7. The zero-order valence-corrected chi connectivity index (χ0v) is 22.2. The molecule has 0 aromatic carbocycles. The van der Waals surface area contributed by atoms with E-state index in [1.807, 2.05) is 11.8 Å². The average molecular weight is 457 g/mol. The van der Waals surface area contributed by atoms with Crippen LogP contribution in [-0.4, -0.2) is 24.1 Å². The summed E-state index contributed by atoms with van der Waals surface area (Å²) in [5.74, 6) is 2.18. The van der Waals surface area contributed by atoms with E-state index in [-0.39, 0.29) is 5.97 Å². The van der Waals surface area contributed by atoms with Crippen LogP contribution in [0.5, 0.6) is 0 Å². The molecule has 0 aromatic heterocycles. The molecule has 186 valence electrons. The number of hydrogen-bond donors (Lipinski definition) is 0. The van der Waals surface area contributed by atoms with Gasteiger partial charge in [0, 0.05) is 12.2 Å². The van der Waals surface area contributed by atoms with E-state index in [9.17, 15) is 4.79 Å². The van der Waals surface area contributed by atoms with Gasteiger partial charge in [0.05, 0.1) is 0 Å². The molecule has 0 saturated heterocycles. The third kappa shape index (κ3) is 27.8. The molecule has 0 amide bonds. The second-order valence-electron chi connectivity index (χ2n) is 9.30. The molecule has 0 heterocycles. The Morgan fingerprint density at radius 3 is 1.35 bits per heavy atom. The van der Waals surface area contributed by atoms with Gasteiger partial charge >= 0.3 is 5.97 Å². The quantitative estimate of drug-likeness (QED) is 0.0956. The first-order valence-corrected chi connectivity index (χ1v) is 15.2. The van der Waals surface area contributed by atoms with Crippen LogP contribution in [0.1, 0.15) is 155 Å². The van der Waals surface area contributed by atoms with Gasteiger partial charge in [0.1, 0.15) is 6.61 Å². The van der Waals surface area contributed by atoms with E-state index in [0.717, 1.165) is 12.2 Å². The summed E-state index contributed by atoms with van der Waals surface area (Å²) in [5, 5.41) is 0. The number of ether oxygens (including phenoxy) is 1. The van der Waals surface area contributed by atoms with Gasteiger partial charge < -0.3 is 4.74 Å². The standard InChI is InChI=1S/C28H56O2S/c1-3-5-7-9-11-12-13-14-15-16-17-18-19-20-22-24-28(29)30-25-27-31-26-23-21-10-8-6-4-2/h3-27H2,1-2H3. The van der Waals surface area contributed by atoms with Crippen LogP contribution in [0, 0.1) is 0 Å². The van der Waals surface area contributed by atoms with Crippen LogP contribution < -0.4 is 0 Å². The van der Waals surface area contributed by atoms with Gasteiger partial charge in [0.2, 0.25) is 0 Å². The van der Waals surface area contributed by atoms with Crippen LogP contribution in [0.2, 0.25) is 0 Å². The lowest BCUT2D eigenvalue weighted by molar-refractivity contribution is -0.143. The molecule has 0 radical (unpaired) electrons. The van der Waals surface area contributed by atoms with E-state index >= 15 is 0 Å². The maximum atomic E-state index is 11.8. The van der Waals surface area contributed by atoms with Crippen LogP contribution in [0.15, 0.2) is 0 Å². The molecular weight excluding hydrogens is 400 g/mol. The molecule has 0 aliphatic carbocycles. The monoisotopic (exact) mass is 456 g/mol. The van der Waals surface area contributed by atoms with E-state index in [4.69, 9.17) is 4.74 Å². The smallest absolute Gasteiger partial charge is 0.305 e. The average Bonchev–Trinajstić information content (AvgIpc) is 2.77. The van der Waals surface area contributed by atoms with Crippen molar-refractivity contribution in [2.75, 3.05) is 18.1 Å². The van der Waals surface area contributed by atoms with Gasteiger partial charge in [-0.25, -0.2) is 0 Å². The Bertz CT molecular complexity index is 346. The molecule has 0 spiro atoms. The molecule has 0 aliphatic rings. The second-order valence-corrected chi connectivity index (χ2v) is 10.5. The highest BCUT2D eigenvalue weighted by Crippen LogP contribution is 2.14. The number of carbonyl (C=O) groups is 1. The summed E-state index contributed by atoms with van der Waals surface area (Å²) in [6, 6.07) is 0. The molecule has 0 saturated carbocycles. The summed E-state index contributed by atoms with van der Waals surface area (Å²) >= 11 is 1.93. The lowest BCUT2D eigenvalue weighted by Gasteiger charge is -2.05. The van der Waals surface area contributed by atoms with Crippen molar-refractivity contribution in [3.8, 4) is 0 Å². The van der Waals surface area contributed by atoms with Crippen LogP contribution in [0.3, 0.4) is 0 Å². The van der Waals surface area contributed by atoms with Crippen molar-refractivity contribution < 1.29 is 9.53 Å². The molecule has 0 rings (SSSR count). The lowest BCUT2D eigenvalue weighted by atomic mass is 10.0. The van der Waals surface area contributed by atoms with Gasteiger partial charge in [-0.1, -0.05) is 136 Å². The Labute approximate surface area is 200 Å². The molecule has 0 atom stereocenters. The maximum absolute atomic E-state index is 11.8. The Balaban J connectivity index is 3.13. The Morgan fingerprint density at radius 1 is 0.516 bits per heavy atom. The summed E-state index contributed by atoms with van der Waals surface area (Å²) in [5.41, 5.74) is 0. The minimum Gasteiger partial charge on any atom is -0.465 e. The fraction of sp³-hybridized carbons (Fsp3) is 0.964. The molecule has 0 aliphatic heterocycles. The number of unbranched alkanes of at least 4 members (excludes halogenated alkanes) is 19. The van der Waals surface area contributed by atoms with Crippen molar-refractivity contribution in [2.24, 2.45) is 0 Å². The van der Waals surface area contributed by atoms with Crippen molar-refractivity contribution in [3.63, 3.8) is 0 Å². The minimum absolute atomic E-state index is 0.00913. The first-order chi connectivity index (χ1) is 15.3. The highest BCUT2D eigenvalue weighted by molar-refractivity contribution is 7.99. The zero-order chi connectivity index (χ0) is 22.7. The molecule has 0 unspecified atom stereocenters. The third-order valence-electron chi connectivity index (χ3n) is 6.12. The SMILES string of the molecule is CCCCCCCCCCCCCCCCCC(=O)OCCSCCCCCCCC. The molecule has 0 N–H and O–H groups in total. The van der Waals surface area contributed by atoms with Crippen molar-refractivity contribution >= 4 is 17.7 Å². The van der Waals surface area contributed by atoms with Gasteiger partial charge in [-0.2, -0.15) is 11.8 Å². The summed E-state index contributed by atoms with van der Waals surface area (Å²) in [6.45, 7) is 5.14. The largest absolute Gasteiger partial charge is 0.465 e. The molecule has 2 nitrogen and oxygen atoms in total. The second kappa shape index (κ2) is 27.9. The minimum atomic E-state index is 0.00913.